The summed E-state index contributed by atoms with van der Waals surface area (Å²) in [5.41, 5.74) is 1.32. The minimum atomic E-state index is 0.520. The number of nitrogens with zero attached hydrogens (tertiary/aromatic N) is 7. The van der Waals surface area contributed by atoms with Crippen LogP contribution in [0.25, 0.3) is 0 Å². The smallest absolute Gasteiger partial charge is 0.194 e. The van der Waals surface area contributed by atoms with E-state index in [-0.39, 0.29) is 0 Å². The monoisotopic (exact) mass is 370 g/mol. The number of guanidine groups is 1. The van der Waals surface area contributed by atoms with Gasteiger partial charge in [0.1, 0.15) is 12.4 Å². The number of aryl methyl sites for hydroxylation is 2. The van der Waals surface area contributed by atoms with Gasteiger partial charge in [-0.3, -0.25) is 4.68 Å². The average molecular weight is 371 g/mol. The molecule has 27 heavy (non-hydrogen) atoms. The maximum Gasteiger partial charge on any atom is 0.194 e. The fourth-order valence-electron chi connectivity index (χ4n) is 4.10. The SMILES string of the molecule is Cc1nnc(CN=C(NC2CCCC2)N2CCC(c3cnn(C)c3)C2)n1C. The highest BCUT2D eigenvalue weighted by atomic mass is 15.3. The second kappa shape index (κ2) is 7.70. The number of nitrogens with one attached hydrogen (secondary N) is 1. The molecular formula is C19H30N8. The molecule has 2 aliphatic rings. The first kappa shape index (κ1) is 18.0. The summed E-state index contributed by atoms with van der Waals surface area (Å²) in [4.78, 5) is 7.34. The minimum absolute atomic E-state index is 0.520. The third-order valence-electron chi connectivity index (χ3n) is 5.93. The first-order valence-electron chi connectivity index (χ1n) is 9.99. The lowest BCUT2D eigenvalue weighted by molar-refractivity contribution is 0.464. The van der Waals surface area contributed by atoms with E-state index < -0.39 is 0 Å². The number of hydrogen-bond donors (Lipinski definition) is 1. The quantitative estimate of drug-likeness (QED) is 0.655. The number of aliphatic imine (C=N–C) groups is 1. The van der Waals surface area contributed by atoms with Gasteiger partial charge in [0.25, 0.3) is 0 Å². The molecule has 0 amide bonds. The predicted octanol–water partition coefficient (Wildman–Crippen LogP) is 1.73. The van der Waals surface area contributed by atoms with Crippen LogP contribution in [0.2, 0.25) is 0 Å². The molecular weight excluding hydrogens is 340 g/mol. The zero-order chi connectivity index (χ0) is 18.8. The minimum Gasteiger partial charge on any atom is -0.353 e. The Hall–Kier alpha value is -2.38. The highest BCUT2D eigenvalue weighted by molar-refractivity contribution is 5.80. The van der Waals surface area contributed by atoms with Crippen molar-refractivity contribution in [2.24, 2.45) is 19.1 Å². The second-order valence-electron chi connectivity index (χ2n) is 7.87. The Morgan fingerprint density at radius 1 is 1.22 bits per heavy atom. The van der Waals surface area contributed by atoms with Crippen LogP contribution in [0.4, 0.5) is 0 Å². The van der Waals surface area contributed by atoms with E-state index in [1.54, 1.807) is 0 Å². The van der Waals surface area contributed by atoms with Gasteiger partial charge in [-0.25, -0.2) is 4.99 Å². The summed E-state index contributed by atoms with van der Waals surface area (Å²) in [6.07, 6.45) is 10.4. The lowest BCUT2D eigenvalue weighted by Crippen LogP contribution is -2.44. The molecule has 1 unspecified atom stereocenters. The van der Waals surface area contributed by atoms with Crippen LogP contribution in [0.1, 0.15) is 55.2 Å². The highest BCUT2D eigenvalue weighted by Crippen LogP contribution is 2.27. The average Bonchev–Trinajstić information content (AvgIpc) is 3.43. The lowest BCUT2D eigenvalue weighted by atomic mass is 10.0. The van der Waals surface area contributed by atoms with E-state index in [0.29, 0.717) is 18.5 Å². The highest BCUT2D eigenvalue weighted by Gasteiger charge is 2.28. The van der Waals surface area contributed by atoms with Gasteiger partial charge >= 0.3 is 0 Å². The van der Waals surface area contributed by atoms with E-state index in [1.165, 1.54) is 31.2 Å². The van der Waals surface area contributed by atoms with Gasteiger partial charge in [0.15, 0.2) is 11.8 Å². The maximum atomic E-state index is 4.93. The Morgan fingerprint density at radius 3 is 2.70 bits per heavy atom. The summed E-state index contributed by atoms with van der Waals surface area (Å²) >= 11 is 0. The van der Waals surface area contributed by atoms with E-state index in [0.717, 1.165) is 37.1 Å². The first-order valence-corrected chi connectivity index (χ1v) is 9.99. The maximum absolute atomic E-state index is 4.93. The van der Waals surface area contributed by atoms with Gasteiger partial charge in [-0.05, 0) is 31.7 Å². The standard InChI is InChI=1S/C19H30N8/c1-14-23-24-18(26(14)3)11-20-19(22-17-6-4-5-7-17)27-9-8-15(13-27)16-10-21-25(2)12-16/h10,12,15,17H,4-9,11,13H2,1-3H3,(H,20,22). The zero-order valence-electron chi connectivity index (χ0n) is 16.6. The molecule has 1 N–H and O–H groups in total. The van der Waals surface area contributed by atoms with Crippen LogP contribution < -0.4 is 5.32 Å². The van der Waals surface area contributed by atoms with Crippen molar-refractivity contribution in [2.45, 2.75) is 57.5 Å². The molecule has 0 aromatic carbocycles. The van der Waals surface area contributed by atoms with Gasteiger partial charge in [-0.15, -0.1) is 10.2 Å². The topological polar surface area (TPSA) is 76.2 Å². The number of likely N-dealkylation sites (tertiary alicyclic amines) is 1. The van der Waals surface area contributed by atoms with Crippen molar-refractivity contribution >= 4 is 5.96 Å². The van der Waals surface area contributed by atoms with Crippen molar-refractivity contribution in [3.05, 3.63) is 29.6 Å². The molecule has 1 saturated heterocycles. The van der Waals surface area contributed by atoms with Crippen LogP contribution in [-0.4, -0.2) is 54.5 Å². The predicted molar refractivity (Wildman–Crippen MR) is 104 cm³/mol. The van der Waals surface area contributed by atoms with Gasteiger partial charge in [0.2, 0.25) is 0 Å². The second-order valence-corrected chi connectivity index (χ2v) is 7.87. The molecule has 0 spiro atoms. The van der Waals surface area contributed by atoms with Gasteiger partial charge in [0.05, 0.1) is 6.20 Å². The first-order chi connectivity index (χ1) is 13.1. The van der Waals surface area contributed by atoms with Crippen LogP contribution in [0.3, 0.4) is 0 Å². The van der Waals surface area contributed by atoms with E-state index in [9.17, 15) is 0 Å². The van der Waals surface area contributed by atoms with Crippen molar-refractivity contribution < 1.29 is 0 Å². The Labute approximate surface area is 160 Å². The Kier molecular flexibility index (Phi) is 5.13. The molecule has 2 fully saturated rings. The van der Waals surface area contributed by atoms with Crippen LogP contribution in [0.15, 0.2) is 17.4 Å². The van der Waals surface area contributed by atoms with Crippen molar-refractivity contribution in [1.82, 2.24) is 34.8 Å². The van der Waals surface area contributed by atoms with Crippen molar-refractivity contribution in [3.8, 4) is 0 Å². The summed E-state index contributed by atoms with van der Waals surface area (Å²) in [6, 6.07) is 0.544. The molecule has 1 atom stereocenters. The van der Waals surface area contributed by atoms with Crippen molar-refractivity contribution in [1.29, 1.82) is 0 Å². The van der Waals surface area contributed by atoms with Crippen LogP contribution in [0.5, 0.6) is 0 Å². The molecule has 3 heterocycles. The number of aromatic nitrogens is 5. The molecule has 8 heteroatoms. The van der Waals surface area contributed by atoms with Gasteiger partial charge < -0.3 is 14.8 Å². The largest absolute Gasteiger partial charge is 0.353 e. The Morgan fingerprint density at radius 2 is 2.04 bits per heavy atom. The zero-order valence-corrected chi connectivity index (χ0v) is 16.6. The molecule has 8 nitrogen and oxygen atoms in total. The normalized spacial score (nSPS) is 21.4. The van der Waals surface area contributed by atoms with Crippen LogP contribution in [-0.2, 0) is 20.6 Å². The van der Waals surface area contributed by atoms with Crippen LogP contribution >= 0.6 is 0 Å². The fraction of sp³-hybridized carbons (Fsp3) is 0.684. The van der Waals surface area contributed by atoms with Crippen molar-refractivity contribution in [3.63, 3.8) is 0 Å². The van der Waals surface area contributed by atoms with E-state index in [4.69, 9.17) is 4.99 Å². The summed E-state index contributed by atoms with van der Waals surface area (Å²) in [5, 5.41) is 16.5. The van der Waals surface area contributed by atoms with Gasteiger partial charge in [0, 0.05) is 45.3 Å². The summed E-state index contributed by atoms with van der Waals surface area (Å²) in [7, 11) is 3.98. The molecule has 1 aliphatic carbocycles. The Bertz CT molecular complexity index is 798. The summed E-state index contributed by atoms with van der Waals surface area (Å²) in [6.45, 7) is 4.54. The molecule has 1 saturated carbocycles. The number of rotatable bonds is 4. The molecule has 2 aromatic rings. The molecule has 0 radical (unpaired) electrons. The van der Waals surface area contributed by atoms with E-state index >= 15 is 0 Å². The number of hydrogen-bond acceptors (Lipinski definition) is 4. The van der Waals surface area contributed by atoms with Gasteiger partial charge in [-0.2, -0.15) is 5.10 Å². The fourth-order valence-corrected chi connectivity index (χ4v) is 4.10. The van der Waals surface area contributed by atoms with Crippen LogP contribution in [0, 0.1) is 6.92 Å². The Balaban J connectivity index is 1.49. The summed E-state index contributed by atoms with van der Waals surface area (Å²) < 4.78 is 3.90. The molecule has 0 bridgehead atoms. The van der Waals surface area contributed by atoms with Crippen molar-refractivity contribution in [2.75, 3.05) is 13.1 Å². The van der Waals surface area contributed by atoms with E-state index in [1.807, 2.05) is 36.5 Å². The third kappa shape index (κ3) is 3.99. The van der Waals surface area contributed by atoms with E-state index in [2.05, 4.69) is 31.7 Å². The summed E-state index contributed by atoms with van der Waals surface area (Å²) in [5.74, 6) is 3.37. The third-order valence-corrected chi connectivity index (χ3v) is 5.93. The molecule has 1 aliphatic heterocycles. The molecule has 4 rings (SSSR count). The van der Waals surface area contributed by atoms with Gasteiger partial charge in [-0.1, -0.05) is 12.8 Å². The molecule has 146 valence electrons. The molecule has 2 aromatic heterocycles. The lowest BCUT2D eigenvalue weighted by Gasteiger charge is -2.25.